The summed E-state index contributed by atoms with van der Waals surface area (Å²) in [6, 6.07) is 5.96. The minimum Gasteiger partial charge on any atom is -0.312 e. The lowest BCUT2D eigenvalue weighted by Crippen LogP contribution is -2.30. The Morgan fingerprint density at radius 1 is 1.19 bits per heavy atom. The number of nitrogens with zero attached hydrogens (tertiary/aromatic N) is 1. The van der Waals surface area contributed by atoms with Crippen molar-refractivity contribution in [2.75, 3.05) is 26.4 Å². The third-order valence-electron chi connectivity index (χ3n) is 2.58. The zero-order valence-corrected chi connectivity index (χ0v) is 13.3. The molecule has 0 fully saturated rings. The van der Waals surface area contributed by atoms with E-state index in [-0.39, 0.29) is 29.0 Å². The van der Waals surface area contributed by atoms with E-state index in [4.69, 9.17) is 0 Å². The molecular formula is C12H17F3N2O2S2. The first-order chi connectivity index (χ1) is 9.60. The molecule has 1 aromatic carbocycles. The Morgan fingerprint density at radius 2 is 1.76 bits per heavy atom. The molecular weight excluding hydrogens is 325 g/mol. The monoisotopic (exact) mass is 342 g/mol. The number of alkyl halides is 3. The van der Waals surface area contributed by atoms with Gasteiger partial charge in [-0.3, -0.25) is 0 Å². The minimum atomic E-state index is -4.29. The smallest absolute Gasteiger partial charge is 0.312 e. The Hall–Kier alpha value is -0.770. The van der Waals surface area contributed by atoms with Crippen LogP contribution in [0.15, 0.2) is 29.2 Å². The van der Waals surface area contributed by atoms with Gasteiger partial charge in [0, 0.05) is 32.1 Å². The summed E-state index contributed by atoms with van der Waals surface area (Å²) in [4.78, 5) is 0.126. The molecule has 0 amide bonds. The molecule has 1 aromatic rings. The van der Waals surface area contributed by atoms with Crippen LogP contribution in [0.4, 0.5) is 13.2 Å². The molecule has 0 saturated heterocycles. The van der Waals surface area contributed by atoms with Gasteiger partial charge in [-0.1, -0.05) is 12.1 Å². The molecule has 0 unspecified atom stereocenters. The van der Waals surface area contributed by atoms with Crippen LogP contribution in [0.2, 0.25) is 0 Å². The second-order valence-electron chi connectivity index (χ2n) is 4.47. The van der Waals surface area contributed by atoms with Gasteiger partial charge in [0.25, 0.3) is 0 Å². The molecule has 9 heteroatoms. The van der Waals surface area contributed by atoms with Crippen molar-refractivity contribution >= 4 is 21.8 Å². The molecule has 1 rings (SSSR count). The molecule has 0 aliphatic carbocycles. The topological polar surface area (TPSA) is 49.4 Å². The van der Waals surface area contributed by atoms with Crippen molar-refractivity contribution in [2.45, 2.75) is 16.9 Å². The predicted octanol–water partition coefficient (Wildman–Crippen LogP) is 2.28. The van der Waals surface area contributed by atoms with Gasteiger partial charge in [0.15, 0.2) is 0 Å². The van der Waals surface area contributed by atoms with Gasteiger partial charge in [-0.25, -0.2) is 12.7 Å². The fraction of sp³-hybridized carbons (Fsp3) is 0.500. The van der Waals surface area contributed by atoms with Gasteiger partial charge in [0.1, 0.15) is 0 Å². The van der Waals surface area contributed by atoms with Gasteiger partial charge in [-0.05, 0) is 29.5 Å². The number of benzene rings is 1. The standard InChI is InChI=1S/C12H17F3N2O2S2/c1-17(2)21(18,19)8-7-16-9-10-3-5-11(6-4-10)20-12(13,14)15/h3-6,16H,7-9H2,1-2H3. The maximum absolute atomic E-state index is 12.2. The van der Waals surface area contributed by atoms with Crippen molar-refractivity contribution in [3.8, 4) is 0 Å². The number of rotatable bonds is 7. The van der Waals surface area contributed by atoms with Crippen molar-refractivity contribution in [3.05, 3.63) is 29.8 Å². The maximum Gasteiger partial charge on any atom is 0.446 e. The second kappa shape index (κ2) is 7.48. The highest BCUT2D eigenvalue weighted by atomic mass is 32.2. The highest BCUT2D eigenvalue weighted by Gasteiger charge is 2.28. The molecule has 0 atom stereocenters. The van der Waals surface area contributed by atoms with E-state index in [1.54, 1.807) is 12.1 Å². The first kappa shape index (κ1) is 18.3. The molecule has 0 aromatic heterocycles. The molecule has 120 valence electrons. The zero-order chi connectivity index (χ0) is 16.1. The van der Waals surface area contributed by atoms with E-state index in [1.165, 1.54) is 26.2 Å². The Balaban J connectivity index is 2.40. The van der Waals surface area contributed by atoms with Crippen molar-refractivity contribution in [3.63, 3.8) is 0 Å². The summed E-state index contributed by atoms with van der Waals surface area (Å²) in [6.07, 6.45) is 0. The molecule has 21 heavy (non-hydrogen) atoms. The second-order valence-corrected chi connectivity index (χ2v) is 7.91. The third-order valence-corrected chi connectivity index (χ3v) is 5.15. The molecule has 0 saturated carbocycles. The highest BCUT2D eigenvalue weighted by Crippen LogP contribution is 2.36. The van der Waals surface area contributed by atoms with Crippen LogP contribution >= 0.6 is 11.8 Å². The van der Waals surface area contributed by atoms with Crippen LogP contribution in [0.25, 0.3) is 0 Å². The Bertz CT molecular complexity index is 543. The van der Waals surface area contributed by atoms with Gasteiger partial charge in [-0.15, -0.1) is 0 Å². The first-order valence-electron chi connectivity index (χ1n) is 6.06. The first-order valence-corrected chi connectivity index (χ1v) is 8.48. The number of halogens is 3. The molecule has 0 bridgehead atoms. The van der Waals surface area contributed by atoms with E-state index in [1.807, 2.05) is 0 Å². The number of hydrogen-bond acceptors (Lipinski definition) is 4. The van der Waals surface area contributed by atoms with E-state index in [0.717, 1.165) is 9.87 Å². The third kappa shape index (κ3) is 7.16. The molecule has 0 radical (unpaired) electrons. The number of hydrogen-bond donors (Lipinski definition) is 1. The van der Waals surface area contributed by atoms with E-state index in [0.29, 0.717) is 6.54 Å². The van der Waals surface area contributed by atoms with Crippen LogP contribution in [0.5, 0.6) is 0 Å². The van der Waals surface area contributed by atoms with Crippen molar-refractivity contribution in [1.29, 1.82) is 0 Å². The van der Waals surface area contributed by atoms with Crippen LogP contribution in [-0.4, -0.2) is 44.6 Å². The van der Waals surface area contributed by atoms with Crippen LogP contribution in [0.3, 0.4) is 0 Å². The van der Waals surface area contributed by atoms with E-state index < -0.39 is 15.5 Å². The SMILES string of the molecule is CN(C)S(=O)(=O)CCNCc1ccc(SC(F)(F)F)cc1. The number of thioether (sulfide) groups is 1. The minimum absolute atomic E-state index is 0.0258. The quantitative estimate of drug-likeness (QED) is 0.610. The molecule has 0 aliphatic rings. The lowest BCUT2D eigenvalue weighted by atomic mass is 10.2. The Morgan fingerprint density at radius 3 is 2.24 bits per heavy atom. The Kier molecular flexibility index (Phi) is 6.51. The predicted molar refractivity (Wildman–Crippen MR) is 77.5 cm³/mol. The maximum atomic E-state index is 12.2. The molecule has 0 aliphatic heterocycles. The van der Waals surface area contributed by atoms with Gasteiger partial charge in [0.2, 0.25) is 10.0 Å². The highest BCUT2D eigenvalue weighted by molar-refractivity contribution is 8.00. The van der Waals surface area contributed by atoms with E-state index >= 15 is 0 Å². The summed E-state index contributed by atoms with van der Waals surface area (Å²) < 4.78 is 60.6. The van der Waals surface area contributed by atoms with Gasteiger partial charge >= 0.3 is 5.51 Å². The Labute approximate surface area is 126 Å². The fourth-order valence-electron chi connectivity index (χ4n) is 1.43. The van der Waals surface area contributed by atoms with Gasteiger partial charge < -0.3 is 5.32 Å². The van der Waals surface area contributed by atoms with Gasteiger partial charge in [-0.2, -0.15) is 13.2 Å². The van der Waals surface area contributed by atoms with Crippen LogP contribution in [0.1, 0.15) is 5.56 Å². The average molecular weight is 342 g/mol. The van der Waals surface area contributed by atoms with Crippen molar-refractivity contribution < 1.29 is 21.6 Å². The van der Waals surface area contributed by atoms with Crippen LogP contribution in [0, 0.1) is 0 Å². The largest absolute Gasteiger partial charge is 0.446 e. The lowest BCUT2D eigenvalue weighted by Gasteiger charge is -2.11. The molecule has 0 spiro atoms. The van der Waals surface area contributed by atoms with Gasteiger partial charge in [0.05, 0.1) is 5.75 Å². The normalized spacial score (nSPS) is 12.9. The number of sulfonamides is 1. The number of nitrogens with one attached hydrogen (secondary N) is 1. The van der Waals surface area contributed by atoms with E-state index in [2.05, 4.69) is 5.32 Å². The molecule has 0 heterocycles. The van der Waals surface area contributed by atoms with Crippen LogP contribution < -0.4 is 5.32 Å². The summed E-state index contributed by atoms with van der Waals surface area (Å²) >= 11 is -0.161. The van der Waals surface area contributed by atoms with E-state index in [9.17, 15) is 21.6 Å². The van der Waals surface area contributed by atoms with Crippen LogP contribution in [-0.2, 0) is 16.6 Å². The fourth-order valence-corrected chi connectivity index (χ4v) is 2.73. The van der Waals surface area contributed by atoms with Crippen molar-refractivity contribution in [2.24, 2.45) is 0 Å². The molecule has 1 N–H and O–H groups in total. The average Bonchev–Trinajstić information content (AvgIpc) is 2.34. The molecule has 4 nitrogen and oxygen atoms in total. The lowest BCUT2D eigenvalue weighted by molar-refractivity contribution is -0.0328. The summed E-state index contributed by atoms with van der Waals surface area (Å²) in [5.74, 6) is -0.0258. The summed E-state index contributed by atoms with van der Waals surface area (Å²) in [6.45, 7) is 0.680. The zero-order valence-electron chi connectivity index (χ0n) is 11.6. The summed E-state index contributed by atoms with van der Waals surface area (Å²) in [5, 5.41) is 2.95. The van der Waals surface area contributed by atoms with Crippen molar-refractivity contribution in [1.82, 2.24) is 9.62 Å². The summed E-state index contributed by atoms with van der Waals surface area (Å²) in [7, 11) is -0.308. The summed E-state index contributed by atoms with van der Waals surface area (Å²) in [5.41, 5.74) is -3.50.